The summed E-state index contributed by atoms with van der Waals surface area (Å²) in [6.45, 7) is 6.28. The Morgan fingerprint density at radius 3 is 2.55 bits per heavy atom. The molecule has 1 saturated heterocycles. The minimum Gasteiger partial charge on any atom is -0.408 e. The van der Waals surface area contributed by atoms with Crippen LogP contribution in [0.1, 0.15) is 24.1 Å². The van der Waals surface area contributed by atoms with Crippen LogP contribution in [-0.4, -0.2) is 41.7 Å². The van der Waals surface area contributed by atoms with E-state index in [1.807, 2.05) is 24.3 Å². The lowest BCUT2D eigenvalue weighted by Gasteiger charge is -2.27. The van der Waals surface area contributed by atoms with Gasteiger partial charge in [0.2, 0.25) is 5.91 Å². The number of fused-ring (bicyclic) bond motifs is 1. The number of carbonyl (C=O) groups excluding carboxylic acids is 1. The van der Waals surface area contributed by atoms with Gasteiger partial charge in [0.15, 0.2) is 5.58 Å². The molecule has 152 valence electrons. The van der Waals surface area contributed by atoms with Gasteiger partial charge >= 0.3 is 5.76 Å². The van der Waals surface area contributed by atoms with Gasteiger partial charge in [-0.25, -0.2) is 4.79 Å². The summed E-state index contributed by atoms with van der Waals surface area (Å²) in [4.78, 5) is 27.4. The van der Waals surface area contributed by atoms with Crippen molar-refractivity contribution in [2.24, 2.45) is 0 Å². The quantitative estimate of drug-likeness (QED) is 0.693. The molecule has 4 rings (SSSR count). The fourth-order valence-corrected chi connectivity index (χ4v) is 3.68. The number of aromatic nitrogens is 1. The zero-order valence-electron chi connectivity index (χ0n) is 16.5. The minimum atomic E-state index is -0.669. The Labute approximate surface area is 168 Å². The lowest BCUT2D eigenvalue weighted by molar-refractivity contribution is -0.124. The van der Waals surface area contributed by atoms with Crippen LogP contribution in [0.15, 0.2) is 57.7 Å². The van der Waals surface area contributed by atoms with Crippen molar-refractivity contribution in [2.75, 3.05) is 26.3 Å². The molecule has 0 saturated carbocycles. The van der Waals surface area contributed by atoms with Crippen LogP contribution in [0.4, 0.5) is 0 Å². The molecule has 7 heteroatoms. The Bertz CT molecular complexity index is 1050. The third kappa shape index (κ3) is 4.26. The number of carbonyl (C=O) groups is 1. The summed E-state index contributed by atoms with van der Waals surface area (Å²) in [6.07, 6.45) is 0. The average molecular weight is 395 g/mol. The number of hydrogen-bond donors (Lipinski definition) is 1. The molecule has 1 aliphatic heterocycles. The van der Waals surface area contributed by atoms with Gasteiger partial charge in [-0.3, -0.25) is 14.3 Å². The molecule has 1 fully saturated rings. The summed E-state index contributed by atoms with van der Waals surface area (Å²) < 4.78 is 12.1. The van der Waals surface area contributed by atoms with Crippen LogP contribution in [0.2, 0.25) is 0 Å². The molecule has 0 aliphatic carbocycles. The van der Waals surface area contributed by atoms with Gasteiger partial charge in [0, 0.05) is 26.2 Å². The van der Waals surface area contributed by atoms with Crippen molar-refractivity contribution in [1.82, 2.24) is 14.8 Å². The van der Waals surface area contributed by atoms with Gasteiger partial charge in [0.1, 0.15) is 6.04 Å². The average Bonchev–Trinajstić information content (AvgIpc) is 3.08. The molecular weight excluding hydrogens is 370 g/mol. The zero-order chi connectivity index (χ0) is 20.2. The van der Waals surface area contributed by atoms with E-state index in [0.29, 0.717) is 17.6 Å². The first kappa shape index (κ1) is 19.4. The minimum absolute atomic E-state index is 0.222. The van der Waals surface area contributed by atoms with Gasteiger partial charge in [-0.2, -0.15) is 0 Å². The second kappa shape index (κ2) is 8.63. The molecule has 3 aromatic rings. The molecule has 1 N–H and O–H groups in total. The van der Waals surface area contributed by atoms with E-state index in [-0.39, 0.29) is 5.91 Å². The number of benzene rings is 2. The number of hydrogen-bond acceptors (Lipinski definition) is 5. The summed E-state index contributed by atoms with van der Waals surface area (Å²) in [6, 6.07) is 14.6. The molecule has 2 aromatic carbocycles. The summed E-state index contributed by atoms with van der Waals surface area (Å²) in [5.41, 5.74) is 3.36. The topological polar surface area (TPSA) is 76.7 Å². The van der Waals surface area contributed by atoms with Crippen LogP contribution in [-0.2, 0) is 22.6 Å². The van der Waals surface area contributed by atoms with Crippen LogP contribution in [0, 0.1) is 0 Å². The number of rotatable bonds is 6. The Balaban J connectivity index is 1.45. The van der Waals surface area contributed by atoms with E-state index in [0.717, 1.165) is 38.4 Å². The standard InChI is InChI=1S/C22H25N3O4/c1-16(25-19-8-4-5-9-20(19)29-22(25)27)21(26)23-14-17-6-2-3-7-18(17)15-24-10-12-28-13-11-24/h2-9,16H,10-15H2,1H3,(H,23,26). The number of amides is 1. The predicted octanol–water partition coefficient (Wildman–Crippen LogP) is 2.30. The maximum atomic E-state index is 12.8. The fourth-order valence-electron chi connectivity index (χ4n) is 3.68. The lowest BCUT2D eigenvalue weighted by Crippen LogP contribution is -2.36. The van der Waals surface area contributed by atoms with E-state index >= 15 is 0 Å². The molecule has 2 heterocycles. The second-order valence-electron chi connectivity index (χ2n) is 7.26. The Hall–Kier alpha value is -2.90. The molecule has 1 aliphatic rings. The molecule has 1 unspecified atom stereocenters. The van der Waals surface area contributed by atoms with Gasteiger partial charge in [0.05, 0.1) is 18.7 Å². The molecule has 0 bridgehead atoms. The smallest absolute Gasteiger partial charge is 0.408 e. The summed E-state index contributed by atoms with van der Waals surface area (Å²) in [5, 5.41) is 2.97. The Morgan fingerprint density at radius 1 is 1.07 bits per heavy atom. The maximum absolute atomic E-state index is 12.8. The maximum Gasteiger partial charge on any atom is 0.420 e. The molecule has 0 spiro atoms. The van der Waals surface area contributed by atoms with Gasteiger partial charge in [-0.1, -0.05) is 36.4 Å². The normalized spacial score (nSPS) is 16.0. The van der Waals surface area contributed by atoms with Gasteiger partial charge in [0.25, 0.3) is 0 Å². The lowest BCUT2D eigenvalue weighted by atomic mass is 10.1. The fraction of sp³-hybridized carbons (Fsp3) is 0.364. The third-order valence-electron chi connectivity index (χ3n) is 5.35. The van der Waals surface area contributed by atoms with Crippen molar-refractivity contribution in [3.63, 3.8) is 0 Å². The van der Waals surface area contributed by atoms with Crippen LogP contribution in [0.5, 0.6) is 0 Å². The molecule has 7 nitrogen and oxygen atoms in total. The molecule has 29 heavy (non-hydrogen) atoms. The molecule has 1 aromatic heterocycles. The van der Waals surface area contributed by atoms with Crippen molar-refractivity contribution in [2.45, 2.75) is 26.1 Å². The first-order valence-electron chi connectivity index (χ1n) is 9.88. The summed E-state index contributed by atoms with van der Waals surface area (Å²) in [5.74, 6) is -0.749. The number of morpholine rings is 1. The molecule has 1 atom stereocenters. The summed E-state index contributed by atoms with van der Waals surface area (Å²) >= 11 is 0. The van der Waals surface area contributed by atoms with Gasteiger partial charge < -0.3 is 14.5 Å². The van der Waals surface area contributed by atoms with Crippen molar-refractivity contribution in [3.05, 3.63) is 70.2 Å². The van der Waals surface area contributed by atoms with Crippen molar-refractivity contribution in [3.8, 4) is 0 Å². The molecular formula is C22H25N3O4. The highest BCUT2D eigenvalue weighted by Gasteiger charge is 2.21. The van der Waals surface area contributed by atoms with E-state index in [9.17, 15) is 9.59 Å². The number of para-hydroxylation sites is 2. The first-order chi connectivity index (χ1) is 14.1. The van der Waals surface area contributed by atoms with Crippen molar-refractivity contribution < 1.29 is 13.9 Å². The van der Waals surface area contributed by atoms with Crippen LogP contribution < -0.4 is 11.1 Å². The van der Waals surface area contributed by atoms with Crippen molar-refractivity contribution >= 4 is 17.0 Å². The zero-order valence-corrected chi connectivity index (χ0v) is 16.5. The van der Waals surface area contributed by atoms with Crippen molar-refractivity contribution in [1.29, 1.82) is 0 Å². The van der Waals surface area contributed by atoms with E-state index in [1.54, 1.807) is 25.1 Å². The number of nitrogens with one attached hydrogen (secondary N) is 1. The number of ether oxygens (including phenoxy) is 1. The highest BCUT2D eigenvalue weighted by Crippen LogP contribution is 2.17. The van der Waals surface area contributed by atoms with Gasteiger partial charge in [-0.15, -0.1) is 0 Å². The first-order valence-corrected chi connectivity index (χ1v) is 9.88. The summed E-state index contributed by atoms with van der Waals surface area (Å²) in [7, 11) is 0. The molecule has 0 radical (unpaired) electrons. The largest absolute Gasteiger partial charge is 0.420 e. The number of nitrogens with zero attached hydrogens (tertiary/aromatic N) is 2. The number of oxazole rings is 1. The third-order valence-corrected chi connectivity index (χ3v) is 5.35. The van der Waals surface area contributed by atoms with Crippen LogP contribution >= 0.6 is 0 Å². The Kier molecular flexibility index (Phi) is 5.78. The monoisotopic (exact) mass is 395 g/mol. The van der Waals surface area contributed by atoms with E-state index in [2.05, 4.69) is 16.3 Å². The SMILES string of the molecule is CC(C(=O)NCc1ccccc1CN1CCOCC1)n1c(=O)oc2ccccc21. The second-order valence-corrected chi connectivity index (χ2v) is 7.26. The molecule has 1 amide bonds. The van der Waals surface area contributed by atoms with Crippen LogP contribution in [0.25, 0.3) is 11.1 Å². The van der Waals surface area contributed by atoms with Gasteiger partial charge in [-0.05, 0) is 30.2 Å². The van der Waals surface area contributed by atoms with E-state index in [4.69, 9.17) is 9.15 Å². The Morgan fingerprint density at radius 2 is 1.76 bits per heavy atom. The van der Waals surface area contributed by atoms with E-state index in [1.165, 1.54) is 10.1 Å². The van der Waals surface area contributed by atoms with E-state index < -0.39 is 11.8 Å². The highest BCUT2D eigenvalue weighted by molar-refractivity contribution is 5.82. The highest BCUT2D eigenvalue weighted by atomic mass is 16.5. The van der Waals surface area contributed by atoms with Crippen LogP contribution in [0.3, 0.4) is 0 Å². The predicted molar refractivity (Wildman–Crippen MR) is 110 cm³/mol.